The topological polar surface area (TPSA) is 43.4 Å². The summed E-state index contributed by atoms with van der Waals surface area (Å²) >= 11 is 0. The number of fused-ring (bicyclic) bond motifs is 2. The molecule has 0 bridgehead atoms. The summed E-state index contributed by atoms with van der Waals surface area (Å²) in [6.07, 6.45) is 3.83. The Hall–Kier alpha value is -1.64. The molecule has 0 aromatic heterocycles. The summed E-state index contributed by atoms with van der Waals surface area (Å²) in [4.78, 5) is 23.6. The molecular weight excluding hydrogens is 216 g/mol. The first-order valence-electron chi connectivity index (χ1n) is 5.97. The number of aryl methyl sites for hydroxylation is 2. The Kier molecular flexibility index (Phi) is 2.28. The third kappa shape index (κ3) is 1.49. The maximum Gasteiger partial charge on any atom is 0.316 e. The number of ether oxygens (including phenoxy) is 1. The second-order valence-corrected chi connectivity index (χ2v) is 4.78. The van der Waals surface area contributed by atoms with E-state index in [9.17, 15) is 9.59 Å². The van der Waals surface area contributed by atoms with Crippen LogP contribution in [0.3, 0.4) is 0 Å². The zero-order valence-electron chi connectivity index (χ0n) is 9.79. The summed E-state index contributed by atoms with van der Waals surface area (Å²) in [5, 5.41) is 0. The minimum absolute atomic E-state index is 0.0680. The largest absolute Gasteiger partial charge is 0.468 e. The van der Waals surface area contributed by atoms with Gasteiger partial charge in [-0.1, -0.05) is 6.07 Å². The lowest BCUT2D eigenvalue weighted by Gasteiger charge is -2.03. The van der Waals surface area contributed by atoms with Crippen molar-refractivity contribution in [1.82, 2.24) is 0 Å². The van der Waals surface area contributed by atoms with Gasteiger partial charge >= 0.3 is 5.97 Å². The number of carbonyl (C=O) groups is 2. The molecule has 0 saturated carbocycles. The number of hydrogen-bond acceptors (Lipinski definition) is 3. The van der Waals surface area contributed by atoms with E-state index in [2.05, 4.69) is 10.8 Å². The van der Waals surface area contributed by atoms with Gasteiger partial charge in [0.2, 0.25) is 0 Å². The van der Waals surface area contributed by atoms with Gasteiger partial charge in [-0.25, -0.2) is 0 Å². The second kappa shape index (κ2) is 3.69. The average molecular weight is 230 g/mol. The van der Waals surface area contributed by atoms with E-state index in [0.717, 1.165) is 24.0 Å². The first-order chi connectivity index (χ1) is 8.20. The van der Waals surface area contributed by atoms with E-state index in [1.807, 2.05) is 6.07 Å². The quantitative estimate of drug-likeness (QED) is 0.545. The van der Waals surface area contributed by atoms with Crippen LogP contribution in [0.4, 0.5) is 0 Å². The third-order valence-corrected chi connectivity index (χ3v) is 3.81. The number of Topliss-reactive ketones (excluding diaryl/α,β-unsaturated/α-hetero) is 1. The standard InChI is InChI=1S/C14H14O3/c1-17-14(16)12-7-10-5-8-3-2-4-9(8)6-11(10)13(12)15/h5-6,12H,2-4,7H2,1H3/t12-/m1/s1. The maximum absolute atomic E-state index is 12.1. The molecule has 0 spiro atoms. The first-order valence-corrected chi connectivity index (χ1v) is 5.97. The van der Waals surface area contributed by atoms with Gasteiger partial charge in [-0.3, -0.25) is 9.59 Å². The van der Waals surface area contributed by atoms with E-state index in [-0.39, 0.29) is 5.78 Å². The Morgan fingerprint density at radius 3 is 2.65 bits per heavy atom. The molecule has 0 saturated heterocycles. The summed E-state index contributed by atoms with van der Waals surface area (Å²) in [6.45, 7) is 0. The predicted molar refractivity (Wildman–Crippen MR) is 62.0 cm³/mol. The molecule has 3 heteroatoms. The molecule has 1 aromatic carbocycles. The molecule has 3 nitrogen and oxygen atoms in total. The Bertz CT molecular complexity index is 516. The molecule has 2 aliphatic rings. The van der Waals surface area contributed by atoms with Gasteiger partial charge in [0.15, 0.2) is 5.78 Å². The molecule has 88 valence electrons. The van der Waals surface area contributed by atoms with Gasteiger partial charge in [0.25, 0.3) is 0 Å². The van der Waals surface area contributed by atoms with Crippen LogP contribution in [-0.4, -0.2) is 18.9 Å². The Labute approximate surface area is 99.8 Å². The Morgan fingerprint density at radius 2 is 1.94 bits per heavy atom. The number of hydrogen-bond donors (Lipinski definition) is 0. The molecule has 0 heterocycles. The van der Waals surface area contributed by atoms with E-state index in [1.165, 1.54) is 24.7 Å². The van der Waals surface area contributed by atoms with Crippen molar-refractivity contribution in [2.45, 2.75) is 25.7 Å². The SMILES string of the molecule is COC(=O)[C@@H]1Cc2cc3c(cc2C1=O)CCC3. The van der Waals surface area contributed by atoms with Gasteiger partial charge in [0.1, 0.15) is 5.92 Å². The van der Waals surface area contributed by atoms with E-state index in [1.54, 1.807) is 0 Å². The zero-order valence-corrected chi connectivity index (χ0v) is 9.79. The molecule has 17 heavy (non-hydrogen) atoms. The molecule has 0 unspecified atom stereocenters. The van der Waals surface area contributed by atoms with Crippen molar-refractivity contribution in [1.29, 1.82) is 0 Å². The zero-order chi connectivity index (χ0) is 12.0. The molecule has 0 radical (unpaired) electrons. The van der Waals surface area contributed by atoms with E-state index >= 15 is 0 Å². The van der Waals surface area contributed by atoms with Crippen LogP contribution >= 0.6 is 0 Å². The van der Waals surface area contributed by atoms with Crippen LogP contribution in [0.25, 0.3) is 0 Å². The van der Waals surface area contributed by atoms with Gasteiger partial charge in [0.05, 0.1) is 7.11 Å². The molecule has 0 fully saturated rings. The summed E-state index contributed by atoms with van der Waals surface area (Å²) in [5.41, 5.74) is 4.39. The summed E-state index contributed by atoms with van der Waals surface area (Å²) in [6, 6.07) is 4.10. The highest BCUT2D eigenvalue weighted by Crippen LogP contribution is 2.33. The number of ketones is 1. The normalized spacial score (nSPS) is 21.2. The highest BCUT2D eigenvalue weighted by atomic mass is 16.5. The lowest BCUT2D eigenvalue weighted by Crippen LogP contribution is -2.21. The summed E-state index contributed by atoms with van der Waals surface area (Å²) < 4.78 is 4.68. The highest BCUT2D eigenvalue weighted by molar-refractivity contribution is 6.12. The second-order valence-electron chi connectivity index (χ2n) is 4.78. The van der Waals surface area contributed by atoms with Crippen molar-refractivity contribution in [2.75, 3.05) is 7.11 Å². The Morgan fingerprint density at radius 1 is 1.24 bits per heavy atom. The van der Waals surface area contributed by atoms with Crippen molar-refractivity contribution in [3.05, 3.63) is 34.4 Å². The molecule has 0 amide bonds. The van der Waals surface area contributed by atoms with Crippen LogP contribution in [0.5, 0.6) is 0 Å². The van der Waals surface area contributed by atoms with E-state index in [4.69, 9.17) is 0 Å². The summed E-state index contributed by atoms with van der Waals surface area (Å²) in [5.74, 6) is -1.09. The van der Waals surface area contributed by atoms with E-state index in [0.29, 0.717) is 6.42 Å². The summed E-state index contributed by atoms with van der Waals surface area (Å²) in [7, 11) is 1.33. The fourth-order valence-electron chi connectivity index (χ4n) is 2.91. The van der Waals surface area contributed by atoms with Gasteiger partial charge in [0, 0.05) is 5.56 Å². The van der Waals surface area contributed by atoms with Gasteiger partial charge in [-0.15, -0.1) is 0 Å². The third-order valence-electron chi connectivity index (χ3n) is 3.81. The number of rotatable bonds is 1. The van der Waals surface area contributed by atoms with Crippen LogP contribution in [-0.2, 0) is 28.8 Å². The smallest absolute Gasteiger partial charge is 0.316 e. The van der Waals surface area contributed by atoms with Gasteiger partial charge in [-0.2, -0.15) is 0 Å². The van der Waals surface area contributed by atoms with Crippen LogP contribution < -0.4 is 0 Å². The van der Waals surface area contributed by atoms with Crippen LogP contribution in [0.1, 0.15) is 33.5 Å². The van der Waals surface area contributed by atoms with Crippen molar-refractivity contribution < 1.29 is 14.3 Å². The lowest BCUT2D eigenvalue weighted by atomic mass is 10.0. The molecule has 2 aliphatic carbocycles. The van der Waals surface area contributed by atoms with Crippen molar-refractivity contribution in [2.24, 2.45) is 5.92 Å². The fraction of sp³-hybridized carbons (Fsp3) is 0.429. The molecular formula is C14H14O3. The van der Waals surface area contributed by atoms with Crippen LogP contribution in [0.2, 0.25) is 0 Å². The lowest BCUT2D eigenvalue weighted by molar-refractivity contribution is -0.143. The molecule has 0 N–H and O–H groups in total. The first kappa shape index (κ1) is 10.5. The molecule has 0 aliphatic heterocycles. The molecule has 3 rings (SSSR count). The highest BCUT2D eigenvalue weighted by Gasteiger charge is 2.37. The molecule has 1 atom stereocenters. The van der Waals surface area contributed by atoms with Crippen LogP contribution in [0, 0.1) is 5.92 Å². The Balaban J connectivity index is 2.01. The van der Waals surface area contributed by atoms with Crippen LogP contribution in [0.15, 0.2) is 12.1 Å². The number of methoxy groups -OCH3 is 1. The minimum atomic E-state index is -0.613. The van der Waals surface area contributed by atoms with Crippen molar-refractivity contribution in [3.63, 3.8) is 0 Å². The number of carbonyl (C=O) groups excluding carboxylic acids is 2. The minimum Gasteiger partial charge on any atom is -0.468 e. The fourth-order valence-corrected chi connectivity index (χ4v) is 2.91. The number of benzene rings is 1. The monoisotopic (exact) mass is 230 g/mol. The van der Waals surface area contributed by atoms with Gasteiger partial charge in [-0.05, 0) is 48.4 Å². The number of esters is 1. The molecule has 1 aromatic rings. The van der Waals surface area contributed by atoms with E-state index < -0.39 is 11.9 Å². The predicted octanol–water partition coefficient (Wildman–Crippen LogP) is 1.70. The van der Waals surface area contributed by atoms with Gasteiger partial charge < -0.3 is 4.74 Å². The van der Waals surface area contributed by atoms with Crippen molar-refractivity contribution in [3.8, 4) is 0 Å². The van der Waals surface area contributed by atoms with Crippen molar-refractivity contribution >= 4 is 11.8 Å². The maximum atomic E-state index is 12.1. The average Bonchev–Trinajstić information content (AvgIpc) is 2.91.